The Morgan fingerprint density at radius 3 is 2.41 bits per heavy atom. The second-order valence-electron chi connectivity index (χ2n) is 4.05. The maximum atomic E-state index is 11.6. The minimum atomic E-state index is 0.0491. The third-order valence-electron chi connectivity index (χ3n) is 2.77. The zero-order chi connectivity index (χ0) is 12.7. The molecule has 0 aliphatic carbocycles. The molecule has 0 unspecified atom stereocenters. The predicted octanol–water partition coefficient (Wildman–Crippen LogP) is -0.104. The van der Waals surface area contributed by atoms with Crippen LogP contribution in [-0.4, -0.2) is 66.8 Å². The molecule has 1 fully saturated rings. The number of nitrogens with one attached hydrogen (secondary N) is 1. The van der Waals surface area contributed by atoms with Gasteiger partial charge in [0.1, 0.15) is 0 Å². The van der Waals surface area contributed by atoms with Crippen LogP contribution in [0.2, 0.25) is 0 Å². The summed E-state index contributed by atoms with van der Waals surface area (Å²) in [7, 11) is 0. The van der Waals surface area contributed by atoms with E-state index >= 15 is 0 Å². The SMILES string of the molecule is CCNC(=O)CN1CCN(C(=O)CCCl)CC1. The number of piperazine rings is 1. The monoisotopic (exact) mass is 261 g/mol. The molecule has 1 heterocycles. The lowest BCUT2D eigenvalue weighted by Gasteiger charge is -2.34. The molecule has 0 spiro atoms. The predicted molar refractivity (Wildman–Crippen MR) is 67.0 cm³/mol. The number of hydrogen-bond donors (Lipinski definition) is 1. The number of halogens is 1. The third kappa shape index (κ3) is 4.91. The fourth-order valence-corrected chi connectivity index (χ4v) is 2.01. The molecule has 0 aromatic carbocycles. The molecule has 1 rings (SSSR count). The molecule has 0 aromatic heterocycles. The summed E-state index contributed by atoms with van der Waals surface area (Å²) < 4.78 is 0. The number of rotatable bonds is 5. The standard InChI is InChI=1S/C11H20ClN3O2/c1-2-13-10(16)9-14-5-7-15(8-6-14)11(17)3-4-12/h2-9H2,1H3,(H,13,16). The van der Waals surface area contributed by atoms with Crippen LogP contribution in [0.3, 0.4) is 0 Å². The summed E-state index contributed by atoms with van der Waals surface area (Å²) in [5.74, 6) is 0.531. The minimum Gasteiger partial charge on any atom is -0.355 e. The Hall–Kier alpha value is -0.810. The maximum absolute atomic E-state index is 11.6. The summed E-state index contributed by atoms with van der Waals surface area (Å²) in [6, 6.07) is 0. The van der Waals surface area contributed by atoms with E-state index in [2.05, 4.69) is 10.2 Å². The first kappa shape index (κ1) is 14.3. The van der Waals surface area contributed by atoms with Gasteiger partial charge in [-0.2, -0.15) is 0 Å². The first-order chi connectivity index (χ1) is 8.17. The van der Waals surface area contributed by atoms with Crippen molar-refractivity contribution in [1.82, 2.24) is 15.1 Å². The van der Waals surface area contributed by atoms with Crippen LogP contribution in [-0.2, 0) is 9.59 Å². The Kier molecular flexibility index (Phi) is 6.29. The van der Waals surface area contributed by atoms with Crippen LogP contribution in [0, 0.1) is 0 Å². The lowest BCUT2D eigenvalue weighted by atomic mass is 10.3. The van der Waals surface area contributed by atoms with E-state index in [1.165, 1.54) is 0 Å². The van der Waals surface area contributed by atoms with E-state index in [9.17, 15) is 9.59 Å². The van der Waals surface area contributed by atoms with Gasteiger partial charge < -0.3 is 10.2 Å². The lowest BCUT2D eigenvalue weighted by Crippen LogP contribution is -2.51. The molecule has 0 radical (unpaired) electrons. The molecule has 17 heavy (non-hydrogen) atoms. The van der Waals surface area contributed by atoms with Crippen LogP contribution in [0.5, 0.6) is 0 Å². The average Bonchev–Trinajstić information content (AvgIpc) is 2.30. The fourth-order valence-electron chi connectivity index (χ4n) is 1.85. The summed E-state index contributed by atoms with van der Waals surface area (Å²) in [6.45, 7) is 5.87. The van der Waals surface area contributed by atoms with E-state index in [0.29, 0.717) is 38.5 Å². The van der Waals surface area contributed by atoms with Crippen molar-refractivity contribution in [2.45, 2.75) is 13.3 Å². The van der Waals surface area contributed by atoms with Gasteiger partial charge in [0, 0.05) is 45.0 Å². The molecule has 1 aliphatic heterocycles. The molecule has 0 bridgehead atoms. The zero-order valence-electron chi connectivity index (χ0n) is 10.2. The minimum absolute atomic E-state index is 0.0491. The number of nitrogens with zero attached hydrogens (tertiary/aromatic N) is 2. The fraction of sp³-hybridized carbons (Fsp3) is 0.818. The van der Waals surface area contributed by atoms with Crippen LogP contribution < -0.4 is 5.32 Å². The van der Waals surface area contributed by atoms with Gasteiger partial charge in [-0.15, -0.1) is 11.6 Å². The number of carbonyl (C=O) groups is 2. The Morgan fingerprint density at radius 1 is 1.24 bits per heavy atom. The average molecular weight is 262 g/mol. The number of hydrogen-bond acceptors (Lipinski definition) is 3. The summed E-state index contributed by atoms with van der Waals surface area (Å²) in [5, 5.41) is 2.77. The summed E-state index contributed by atoms with van der Waals surface area (Å²) >= 11 is 5.54. The van der Waals surface area contributed by atoms with Crippen molar-refractivity contribution in [1.29, 1.82) is 0 Å². The Labute approximate surface area is 107 Å². The zero-order valence-corrected chi connectivity index (χ0v) is 11.0. The highest BCUT2D eigenvalue weighted by atomic mass is 35.5. The van der Waals surface area contributed by atoms with Gasteiger partial charge in [0.2, 0.25) is 11.8 Å². The third-order valence-corrected chi connectivity index (χ3v) is 2.96. The molecule has 6 heteroatoms. The van der Waals surface area contributed by atoms with Crippen LogP contribution >= 0.6 is 11.6 Å². The lowest BCUT2D eigenvalue weighted by molar-refractivity contribution is -0.132. The van der Waals surface area contributed by atoms with Crippen molar-refractivity contribution in [2.75, 3.05) is 45.1 Å². The van der Waals surface area contributed by atoms with E-state index < -0.39 is 0 Å². The van der Waals surface area contributed by atoms with E-state index in [1.54, 1.807) is 0 Å². The molecule has 0 aromatic rings. The first-order valence-corrected chi connectivity index (χ1v) is 6.53. The second kappa shape index (κ2) is 7.50. The molecule has 5 nitrogen and oxygen atoms in total. The highest BCUT2D eigenvalue weighted by Gasteiger charge is 2.21. The quantitative estimate of drug-likeness (QED) is 0.703. The van der Waals surface area contributed by atoms with Crippen molar-refractivity contribution in [3.05, 3.63) is 0 Å². The Balaban J connectivity index is 2.26. The number of alkyl halides is 1. The smallest absolute Gasteiger partial charge is 0.234 e. The van der Waals surface area contributed by atoms with Crippen LogP contribution in [0.4, 0.5) is 0 Å². The van der Waals surface area contributed by atoms with Crippen molar-refractivity contribution >= 4 is 23.4 Å². The Bertz CT molecular complexity index is 265. The van der Waals surface area contributed by atoms with E-state index in [-0.39, 0.29) is 11.8 Å². The largest absolute Gasteiger partial charge is 0.355 e. The van der Waals surface area contributed by atoms with E-state index in [0.717, 1.165) is 13.1 Å². The normalized spacial score (nSPS) is 16.9. The van der Waals surface area contributed by atoms with Crippen molar-refractivity contribution < 1.29 is 9.59 Å². The van der Waals surface area contributed by atoms with Crippen molar-refractivity contribution in [2.24, 2.45) is 0 Å². The molecule has 1 N–H and O–H groups in total. The molecular weight excluding hydrogens is 242 g/mol. The molecule has 2 amide bonds. The van der Waals surface area contributed by atoms with Gasteiger partial charge in [-0.1, -0.05) is 0 Å². The molecular formula is C11H20ClN3O2. The highest BCUT2D eigenvalue weighted by Crippen LogP contribution is 2.04. The van der Waals surface area contributed by atoms with Crippen LogP contribution in [0.15, 0.2) is 0 Å². The summed E-state index contributed by atoms with van der Waals surface area (Å²) in [6.07, 6.45) is 0.401. The Morgan fingerprint density at radius 2 is 1.88 bits per heavy atom. The number of carbonyl (C=O) groups excluding carboxylic acids is 2. The van der Waals surface area contributed by atoms with E-state index in [4.69, 9.17) is 11.6 Å². The molecule has 0 saturated carbocycles. The van der Waals surface area contributed by atoms with Crippen LogP contribution in [0.25, 0.3) is 0 Å². The highest BCUT2D eigenvalue weighted by molar-refractivity contribution is 6.18. The second-order valence-corrected chi connectivity index (χ2v) is 4.43. The van der Waals surface area contributed by atoms with Gasteiger partial charge in [0.05, 0.1) is 6.54 Å². The molecule has 1 saturated heterocycles. The van der Waals surface area contributed by atoms with E-state index in [1.807, 2.05) is 11.8 Å². The van der Waals surface area contributed by atoms with Gasteiger partial charge in [-0.3, -0.25) is 14.5 Å². The van der Waals surface area contributed by atoms with Gasteiger partial charge in [0.15, 0.2) is 0 Å². The van der Waals surface area contributed by atoms with Gasteiger partial charge >= 0.3 is 0 Å². The first-order valence-electron chi connectivity index (χ1n) is 6.00. The summed E-state index contributed by atoms with van der Waals surface area (Å²) in [4.78, 5) is 26.8. The molecule has 0 atom stereocenters. The summed E-state index contributed by atoms with van der Waals surface area (Å²) in [5.41, 5.74) is 0. The molecule has 1 aliphatic rings. The van der Waals surface area contributed by atoms with Crippen molar-refractivity contribution in [3.63, 3.8) is 0 Å². The van der Waals surface area contributed by atoms with Gasteiger partial charge in [-0.05, 0) is 6.92 Å². The number of amides is 2. The van der Waals surface area contributed by atoms with Crippen LogP contribution in [0.1, 0.15) is 13.3 Å². The van der Waals surface area contributed by atoms with Crippen molar-refractivity contribution in [3.8, 4) is 0 Å². The number of likely N-dealkylation sites (N-methyl/N-ethyl adjacent to an activating group) is 1. The molecule has 98 valence electrons. The topological polar surface area (TPSA) is 52.7 Å². The maximum Gasteiger partial charge on any atom is 0.234 e. The van der Waals surface area contributed by atoms with Gasteiger partial charge in [-0.25, -0.2) is 0 Å². The van der Waals surface area contributed by atoms with Gasteiger partial charge in [0.25, 0.3) is 0 Å².